The molecule has 0 saturated heterocycles. The van der Waals surface area contributed by atoms with Crippen LogP contribution in [-0.2, 0) is 0 Å². The summed E-state index contributed by atoms with van der Waals surface area (Å²) in [5.41, 5.74) is 8.60. The van der Waals surface area contributed by atoms with Gasteiger partial charge in [-0.15, -0.1) is 0 Å². The number of aryl methyl sites for hydroxylation is 1. The lowest BCUT2D eigenvalue weighted by Crippen LogP contribution is -2.15. The summed E-state index contributed by atoms with van der Waals surface area (Å²) in [5.74, 6) is -0.314. The van der Waals surface area contributed by atoms with E-state index in [9.17, 15) is 4.39 Å². The van der Waals surface area contributed by atoms with Crippen molar-refractivity contribution in [3.8, 4) is 0 Å². The van der Waals surface area contributed by atoms with Crippen LogP contribution in [0.25, 0.3) is 0 Å². The largest absolute Gasteiger partial charge is 0.320 e. The van der Waals surface area contributed by atoms with Crippen molar-refractivity contribution < 1.29 is 4.39 Å². The molecule has 0 aliphatic carbocycles. The Morgan fingerprint density at radius 2 is 1.74 bits per heavy atom. The third-order valence-corrected chi connectivity index (χ3v) is 5.16. The molecule has 5 heteroatoms. The minimum absolute atomic E-state index is 0.314. The van der Waals surface area contributed by atoms with Crippen molar-refractivity contribution in [3.05, 3.63) is 66.3 Å². The van der Waals surface area contributed by atoms with E-state index in [0.29, 0.717) is 10.0 Å². The highest BCUT2D eigenvalue weighted by Crippen LogP contribution is 2.35. The molecule has 0 saturated carbocycles. The number of hydrogen-bond acceptors (Lipinski definition) is 1. The Bertz CT molecular complexity index is 608. The van der Waals surface area contributed by atoms with Crippen molar-refractivity contribution in [1.82, 2.24) is 0 Å². The van der Waals surface area contributed by atoms with Crippen LogP contribution in [0.5, 0.6) is 0 Å². The normalized spacial score (nSPS) is 12.5. The number of nitrogens with two attached hydrogens (primary N) is 1. The summed E-state index contributed by atoms with van der Waals surface area (Å²) in [6.45, 7) is 1.99. The van der Waals surface area contributed by atoms with Crippen LogP contribution in [0.15, 0.2) is 43.7 Å². The zero-order valence-electron chi connectivity index (χ0n) is 10.1. The fourth-order valence-electron chi connectivity index (χ4n) is 1.86. The van der Waals surface area contributed by atoms with E-state index in [-0.39, 0.29) is 5.82 Å². The van der Waals surface area contributed by atoms with Gasteiger partial charge in [0.05, 0.1) is 6.04 Å². The topological polar surface area (TPSA) is 26.0 Å². The van der Waals surface area contributed by atoms with Gasteiger partial charge in [-0.3, -0.25) is 0 Å². The predicted octanol–water partition coefficient (Wildman–Crippen LogP) is 5.47. The van der Waals surface area contributed by atoms with Crippen LogP contribution < -0.4 is 5.73 Å². The van der Waals surface area contributed by atoms with E-state index in [2.05, 4.69) is 47.8 Å². The first-order chi connectivity index (χ1) is 8.91. The molecule has 1 atom stereocenters. The zero-order chi connectivity index (χ0) is 14.2. The molecule has 0 aromatic heterocycles. The third kappa shape index (κ3) is 3.10. The van der Waals surface area contributed by atoms with Gasteiger partial charge in [0.2, 0.25) is 0 Å². The highest BCUT2D eigenvalue weighted by atomic mass is 79.9. The molecule has 100 valence electrons. The molecule has 0 heterocycles. The minimum Gasteiger partial charge on any atom is -0.320 e. The van der Waals surface area contributed by atoms with Gasteiger partial charge in [-0.25, -0.2) is 4.39 Å². The Morgan fingerprint density at radius 3 is 2.37 bits per heavy atom. The highest BCUT2D eigenvalue weighted by molar-refractivity contribution is 9.11. The minimum atomic E-state index is -0.540. The van der Waals surface area contributed by atoms with E-state index in [4.69, 9.17) is 5.73 Å². The van der Waals surface area contributed by atoms with E-state index in [1.807, 2.05) is 19.1 Å². The van der Waals surface area contributed by atoms with Crippen molar-refractivity contribution in [2.75, 3.05) is 0 Å². The summed E-state index contributed by atoms with van der Waals surface area (Å²) < 4.78 is 16.5. The van der Waals surface area contributed by atoms with Crippen molar-refractivity contribution >= 4 is 47.8 Å². The number of rotatable bonds is 2. The van der Waals surface area contributed by atoms with Crippen molar-refractivity contribution in [2.45, 2.75) is 13.0 Å². The number of benzene rings is 2. The monoisotopic (exact) mass is 449 g/mol. The first kappa shape index (κ1) is 15.2. The maximum Gasteiger partial charge on any atom is 0.129 e. The molecule has 2 rings (SSSR count). The van der Waals surface area contributed by atoms with Gasteiger partial charge in [-0.1, -0.05) is 53.9 Å². The lowest BCUT2D eigenvalue weighted by Gasteiger charge is -2.18. The molecule has 0 bridgehead atoms. The molecule has 0 spiro atoms. The zero-order valence-corrected chi connectivity index (χ0v) is 14.8. The average Bonchev–Trinajstić information content (AvgIpc) is 2.33. The quantitative estimate of drug-likeness (QED) is 0.643. The average molecular weight is 452 g/mol. The molecule has 2 N–H and O–H groups in total. The van der Waals surface area contributed by atoms with Crippen LogP contribution in [0.3, 0.4) is 0 Å². The smallest absolute Gasteiger partial charge is 0.129 e. The molecule has 0 radical (unpaired) electrons. The second-order valence-corrected chi connectivity index (χ2v) is 6.80. The molecule has 1 nitrogen and oxygen atoms in total. The Kier molecular flexibility index (Phi) is 4.82. The molecule has 0 aliphatic heterocycles. The fourth-order valence-corrected chi connectivity index (χ4v) is 3.52. The molecule has 19 heavy (non-hydrogen) atoms. The summed E-state index contributed by atoms with van der Waals surface area (Å²) >= 11 is 10.3. The lowest BCUT2D eigenvalue weighted by atomic mass is 9.98. The summed E-state index contributed by atoms with van der Waals surface area (Å²) in [6, 6.07) is 8.20. The molecule has 2 aromatic rings. The van der Waals surface area contributed by atoms with Crippen LogP contribution in [0.1, 0.15) is 22.7 Å². The van der Waals surface area contributed by atoms with Gasteiger partial charge in [0.1, 0.15) is 5.82 Å². The maximum atomic E-state index is 14.0. The Labute approximate surface area is 136 Å². The van der Waals surface area contributed by atoms with Gasteiger partial charge in [0.25, 0.3) is 0 Å². The van der Waals surface area contributed by atoms with Crippen molar-refractivity contribution in [1.29, 1.82) is 0 Å². The van der Waals surface area contributed by atoms with E-state index < -0.39 is 6.04 Å². The van der Waals surface area contributed by atoms with E-state index in [1.54, 1.807) is 12.1 Å². The summed E-state index contributed by atoms with van der Waals surface area (Å²) in [7, 11) is 0. The van der Waals surface area contributed by atoms with Crippen LogP contribution in [0.4, 0.5) is 4.39 Å². The molecular formula is C14H11Br3FN. The summed E-state index contributed by atoms with van der Waals surface area (Å²) in [5, 5.41) is 0. The van der Waals surface area contributed by atoms with Gasteiger partial charge >= 0.3 is 0 Å². The van der Waals surface area contributed by atoms with Crippen LogP contribution in [-0.4, -0.2) is 0 Å². The van der Waals surface area contributed by atoms with E-state index >= 15 is 0 Å². The predicted molar refractivity (Wildman–Crippen MR) is 86.7 cm³/mol. The Morgan fingerprint density at radius 1 is 1.05 bits per heavy atom. The van der Waals surface area contributed by atoms with Gasteiger partial charge in [-0.2, -0.15) is 0 Å². The molecule has 0 amide bonds. The molecule has 1 unspecified atom stereocenters. The van der Waals surface area contributed by atoms with Crippen LogP contribution in [0.2, 0.25) is 0 Å². The second kappa shape index (κ2) is 6.04. The fraction of sp³-hybridized carbons (Fsp3) is 0.143. The SMILES string of the molecule is Cc1cc(Br)c(C(N)c2c(F)cccc2Br)cc1Br. The Hall–Kier alpha value is -0.230. The standard InChI is InChI=1S/C14H11Br3FN/c1-7-5-11(17)8(6-10(7)16)14(19)13-9(15)3-2-4-12(13)18/h2-6,14H,19H2,1H3. The summed E-state index contributed by atoms with van der Waals surface area (Å²) in [4.78, 5) is 0. The van der Waals surface area contributed by atoms with E-state index in [1.165, 1.54) is 6.07 Å². The first-order valence-corrected chi connectivity index (χ1v) is 7.94. The Balaban J connectivity index is 2.56. The van der Waals surface area contributed by atoms with Gasteiger partial charge < -0.3 is 5.73 Å². The molecule has 0 fully saturated rings. The summed E-state index contributed by atoms with van der Waals surface area (Å²) in [6.07, 6.45) is 0. The highest BCUT2D eigenvalue weighted by Gasteiger charge is 2.19. The lowest BCUT2D eigenvalue weighted by molar-refractivity contribution is 0.597. The van der Waals surface area contributed by atoms with Crippen LogP contribution >= 0.6 is 47.8 Å². The number of halogens is 4. The van der Waals surface area contributed by atoms with Crippen molar-refractivity contribution in [3.63, 3.8) is 0 Å². The third-order valence-electron chi connectivity index (χ3n) is 2.92. The van der Waals surface area contributed by atoms with Gasteiger partial charge in [0.15, 0.2) is 0 Å². The maximum absolute atomic E-state index is 14.0. The molecule has 2 aromatic carbocycles. The first-order valence-electron chi connectivity index (χ1n) is 5.57. The van der Waals surface area contributed by atoms with E-state index in [0.717, 1.165) is 20.1 Å². The van der Waals surface area contributed by atoms with Gasteiger partial charge in [0, 0.05) is 19.0 Å². The van der Waals surface area contributed by atoms with Crippen LogP contribution in [0, 0.1) is 12.7 Å². The van der Waals surface area contributed by atoms with Crippen molar-refractivity contribution in [2.24, 2.45) is 5.73 Å². The molecule has 0 aliphatic rings. The van der Waals surface area contributed by atoms with Gasteiger partial charge in [-0.05, 0) is 42.3 Å². The number of hydrogen-bond donors (Lipinski definition) is 1. The second-order valence-electron chi connectivity index (χ2n) is 4.24. The molecular weight excluding hydrogens is 441 g/mol.